The van der Waals surface area contributed by atoms with Gasteiger partial charge in [0, 0.05) is 6.04 Å². The van der Waals surface area contributed by atoms with Crippen molar-refractivity contribution in [3.8, 4) is 0 Å². The van der Waals surface area contributed by atoms with Gasteiger partial charge in [-0.05, 0) is 31.6 Å². The first kappa shape index (κ1) is 7.07. The molecular formula is C8H17N. The molecule has 0 heterocycles. The summed E-state index contributed by atoms with van der Waals surface area (Å²) in [5.41, 5.74) is 5.66. The van der Waals surface area contributed by atoms with Crippen molar-refractivity contribution in [2.75, 3.05) is 0 Å². The van der Waals surface area contributed by atoms with Gasteiger partial charge in [-0.25, -0.2) is 0 Å². The van der Waals surface area contributed by atoms with Crippen molar-refractivity contribution in [3.63, 3.8) is 0 Å². The molecule has 1 fully saturated rings. The minimum atomic E-state index is 0.415. The summed E-state index contributed by atoms with van der Waals surface area (Å²) in [6.07, 6.45) is 4.08. The van der Waals surface area contributed by atoms with E-state index in [9.17, 15) is 0 Å². The molecule has 1 nitrogen and oxygen atoms in total. The Morgan fingerprint density at radius 1 is 1.56 bits per heavy atom. The second kappa shape index (κ2) is 2.70. The van der Waals surface area contributed by atoms with Crippen molar-refractivity contribution >= 4 is 0 Å². The normalized spacial score (nSPS) is 37.7. The van der Waals surface area contributed by atoms with Gasteiger partial charge in [-0.2, -0.15) is 0 Å². The Labute approximate surface area is 57.6 Å². The van der Waals surface area contributed by atoms with Crippen molar-refractivity contribution in [3.05, 3.63) is 0 Å². The van der Waals surface area contributed by atoms with Gasteiger partial charge in [0.1, 0.15) is 0 Å². The summed E-state index contributed by atoms with van der Waals surface area (Å²) >= 11 is 0. The van der Waals surface area contributed by atoms with Gasteiger partial charge in [0.05, 0.1) is 0 Å². The maximum absolute atomic E-state index is 5.66. The van der Waals surface area contributed by atoms with Crippen LogP contribution in [0.1, 0.15) is 33.1 Å². The molecule has 9 heavy (non-hydrogen) atoms. The van der Waals surface area contributed by atoms with Crippen LogP contribution in [0.15, 0.2) is 0 Å². The summed E-state index contributed by atoms with van der Waals surface area (Å²) < 4.78 is 0. The molecule has 0 spiro atoms. The van der Waals surface area contributed by atoms with E-state index in [1.54, 1.807) is 0 Å². The maximum Gasteiger partial charge on any atom is 0.00132 e. The van der Waals surface area contributed by atoms with Gasteiger partial charge < -0.3 is 5.73 Å². The molecule has 1 aliphatic rings. The van der Waals surface area contributed by atoms with Gasteiger partial charge in [-0.3, -0.25) is 0 Å². The molecule has 0 aromatic heterocycles. The highest BCUT2D eigenvalue weighted by molar-refractivity contribution is 4.79. The van der Waals surface area contributed by atoms with E-state index in [0.29, 0.717) is 6.04 Å². The standard InChI is InChI=1S/C8H17N/c1-6-3-4-8(6)5-7(2)9/h6-8H,3-5,9H2,1-2H3. The fraction of sp³-hybridized carbons (Fsp3) is 1.00. The predicted molar refractivity (Wildman–Crippen MR) is 40.2 cm³/mol. The topological polar surface area (TPSA) is 26.0 Å². The second-order valence-electron chi connectivity index (χ2n) is 3.53. The zero-order valence-electron chi connectivity index (χ0n) is 6.43. The highest BCUT2D eigenvalue weighted by Crippen LogP contribution is 2.36. The molecule has 3 unspecified atom stereocenters. The fourth-order valence-electron chi connectivity index (χ4n) is 1.56. The number of nitrogens with two attached hydrogens (primary N) is 1. The minimum absolute atomic E-state index is 0.415. The fourth-order valence-corrected chi connectivity index (χ4v) is 1.56. The lowest BCUT2D eigenvalue weighted by Crippen LogP contribution is -2.29. The van der Waals surface area contributed by atoms with Crippen LogP contribution < -0.4 is 5.73 Å². The molecule has 1 saturated carbocycles. The SMILES string of the molecule is CC(N)CC1CCC1C. The van der Waals surface area contributed by atoms with Gasteiger partial charge in [0.15, 0.2) is 0 Å². The molecule has 54 valence electrons. The number of hydrogen-bond acceptors (Lipinski definition) is 1. The highest BCUT2D eigenvalue weighted by atomic mass is 14.6. The van der Waals surface area contributed by atoms with E-state index >= 15 is 0 Å². The monoisotopic (exact) mass is 127 g/mol. The van der Waals surface area contributed by atoms with Crippen LogP contribution in [0.25, 0.3) is 0 Å². The average molecular weight is 127 g/mol. The maximum atomic E-state index is 5.66. The summed E-state index contributed by atoms with van der Waals surface area (Å²) in [5, 5.41) is 0. The highest BCUT2D eigenvalue weighted by Gasteiger charge is 2.26. The first-order valence-corrected chi connectivity index (χ1v) is 3.95. The predicted octanol–water partition coefficient (Wildman–Crippen LogP) is 1.77. The van der Waals surface area contributed by atoms with Crippen LogP contribution in [0, 0.1) is 11.8 Å². The van der Waals surface area contributed by atoms with Gasteiger partial charge in [-0.15, -0.1) is 0 Å². The smallest absolute Gasteiger partial charge is 0.00132 e. The van der Waals surface area contributed by atoms with Gasteiger partial charge in [-0.1, -0.05) is 13.3 Å². The van der Waals surface area contributed by atoms with E-state index in [0.717, 1.165) is 11.8 Å². The molecule has 0 bridgehead atoms. The zero-order valence-corrected chi connectivity index (χ0v) is 6.43. The van der Waals surface area contributed by atoms with Crippen LogP contribution in [0.2, 0.25) is 0 Å². The third-order valence-electron chi connectivity index (χ3n) is 2.47. The number of hydrogen-bond donors (Lipinski definition) is 1. The molecule has 0 radical (unpaired) electrons. The Bertz CT molecular complexity index is 88.6. The Morgan fingerprint density at radius 3 is 2.33 bits per heavy atom. The van der Waals surface area contributed by atoms with Crippen LogP contribution in [0.4, 0.5) is 0 Å². The van der Waals surface area contributed by atoms with E-state index in [-0.39, 0.29) is 0 Å². The molecule has 0 aromatic rings. The van der Waals surface area contributed by atoms with Crippen LogP contribution in [-0.2, 0) is 0 Å². The minimum Gasteiger partial charge on any atom is -0.328 e. The van der Waals surface area contributed by atoms with Crippen LogP contribution >= 0.6 is 0 Å². The number of rotatable bonds is 2. The summed E-state index contributed by atoms with van der Waals surface area (Å²) in [7, 11) is 0. The molecule has 1 rings (SSSR count). The lowest BCUT2D eigenvalue weighted by Gasteiger charge is -2.34. The van der Waals surface area contributed by atoms with E-state index in [1.165, 1.54) is 19.3 Å². The molecule has 1 aliphatic carbocycles. The zero-order chi connectivity index (χ0) is 6.85. The Balaban J connectivity index is 2.13. The van der Waals surface area contributed by atoms with Crippen LogP contribution in [-0.4, -0.2) is 6.04 Å². The van der Waals surface area contributed by atoms with Crippen molar-refractivity contribution in [1.82, 2.24) is 0 Å². The van der Waals surface area contributed by atoms with E-state index < -0.39 is 0 Å². The van der Waals surface area contributed by atoms with Crippen molar-refractivity contribution in [2.45, 2.75) is 39.2 Å². The third kappa shape index (κ3) is 1.68. The van der Waals surface area contributed by atoms with Crippen molar-refractivity contribution in [1.29, 1.82) is 0 Å². The van der Waals surface area contributed by atoms with Crippen molar-refractivity contribution < 1.29 is 0 Å². The van der Waals surface area contributed by atoms with Gasteiger partial charge in [0.25, 0.3) is 0 Å². The molecule has 0 saturated heterocycles. The first-order valence-electron chi connectivity index (χ1n) is 3.95. The molecule has 1 heteroatoms. The molecule has 0 aromatic carbocycles. The Morgan fingerprint density at radius 2 is 2.22 bits per heavy atom. The van der Waals surface area contributed by atoms with E-state index in [1.807, 2.05) is 0 Å². The summed E-state index contributed by atoms with van der Waals surface area (Å²) in [6, 6.07) is 0.415. The van der Waals surface area contributed by atoms with Crippen LogP contribution in [0.5, 0.6) is 0 Å². The Hall–Kier alpha value is -0.0400. The molecule has 2 N–H and O–H groups in total. The average Bonchev–Trinajstić information content (AvgIpc) is 1.79. The van der Waals surface area contributed by atoms with Crippen molar-refractivity contribution in [2.24, 2.45) is 17.6 Å². The molecule has 0 amide bonds. The Kier molecular flexibility index (Phi) is 2.12. The lowest BCUT2D eigenvalue weighted by molar-refractivity contribution is 0.175. The molecule has 3 atom stereocenters. The molecular weight excluding hydrogens is 110 g/mol. The van der Waals surface area contributed by atoms with E-state index in [2.05, 4.69) is 13.8 Å². The largest absolute Gasteiger partial charge is 0.328 e. The third-order valence-corrected chi connectivity index (χ3v) is 2.47. The first-order chi connectivity index (χ1) is 4.20. The molecule has 0 aliphatic heterocycles. The van der Waals surface area contributed by atoms with Gasteiger partial charge >= 0.3 is 0 Å². The second-order valence-corrected chi connectivity index (χ2v) is 3.53. The summed E-state index contributed by atoms with van der Waals surface area (Å²) in [5.74, 6) is 1.90. The van der Waals surface area contributed by atoms with Gasteiger partial charge in [0.2, 0.25) is 0 Å². The summed E-state index contributed by atoms with van der Waals surface area (Å²) in [6.45, 7) is 4.43. The lowest BCUT2D eigenvalue weighted by atomic mass is 9.72. The summed E-state index contributed by atoms with van der Waals surface area (Å²) in [4.78, 5) is 0. The van der Waals surface area contributed by atoms with Crippen LogP contribution in [0.3, 0.4) is 0 Å². The van der Waals surface area contributed by atoms with E-state index in [4.69, 9.17) is 5.73 Å². The quantitative estimate of drug-likeness (QED) is 0.601.